The van der Waals surface area contributed by atoms with Gasteiger partial charge in [0.1, 0.15) is 0 Å². The molecule has 0 fully saturated rings. The average Bonchev–Trinajstić information content (AvgIpc) is 2.49. The van der Waals surface area contributed by atoms with E-state index >= 15 is 0 Å². The van der Waals surface area contributed by atoms with E-state index in [1.165, 1.54) is 0 Å². The average molecular weight is 297 g/mol. The van der Waals surface area contributed by atoms with Crippen LogP contribution < -0.4 is 19.5 Å². The summed E-state index contributed by atoms with van der Waals surface area (Å²) in [6.45, 7) is 6.45. The van der Waals surface area contributed by atoms with Crippen molar-refractivity contribution in [1.29, 1.82) is 0 Å². The van der Waals surface area contributed by atoms with Crippen LogP contribution in [0.5, 0.6) is 17.2 Å². The normalized spacial score (nSPS) is 10.8. The van der Waals surface area contributed by atoms with Gasteiger partial charge in [-0.25, -0.2) is 0 Å². The van der Waals surface area contributed by atoms with Crippen molar-refractivity contribution in [3.05, 3.63) is 17.7 Å². The fourth-order valence-electron chi connectivity index (χ4n) is 2.06. The molecule has 0 unspecified atom stereocenters. The minimum Gasteiger partial charge on any atom is -0.493 e. The van der Waals surface area contributed by atoms with Crippen LogP contribution in [0.1, 0.15) is 19.4 Å². The zero-order valence-corrected chi connectivity index (χ0v) is 13.7. The van der Waals surface area contributed by atoms with Crippen molar-refractivity contribution in [2.24, 2.45) is 0 Å². The summed E-state index contributed by atoms with van der Waals surface area (Å²) >= 11 is 0. The van der Waals surface area contributed by atoms with Crippen LogP contribution in [0, 0.1) is 0 Å². The van der Waals surface area contributed by atoms with Crippen molar-refractivity contribution in [2.45, 2.75) is 26.3 Å². The van der Waals surface area contributed by atoms with Gasteiger partial charge in [-0.15, -0.1) is 0 Å². The molecule has 1 N–H and O–H groups in total. The van der Waals surface area contributed by atoms with E-state index in [9.17, 15) is 0 Å². The molecule has 0 aliphatic rings. The first-order valence-electron chi connectivity index (χ1n) is 7.23. The molecular formula is C16H27NO4. The number of hydrogen-bond donors (Lipinski definition) is 1. The molecule has 21 heavy (non-hydrogen) atoms. The fourth-order valence-corrected chi connectivity index (χ4v) is 2.06. The minimum atomic E-state index is 0.486. The van der Waals surface area contributed by atoms with Crippen LogP contribution in [-0.2, 0) is 11.2 Å². The third-order valence-corrected chi connectivity index (χ3v) is 3.10. The smallest absolute Gasteiger partial charge is 0.203 e. The van der Waals surface area contributed by atoms with Crippen LogP contribution in [0.2, 0.25) is 0 Å². The molecule has 0 heterocycles. The van der Waals surface area contributed by atoms with E-state index in [1.807, 2.05) is 12.1 Å². The number of nitrogens with one attached hydrogen (secondary N) is 1. The van der Waals surface area contributed by atoms with Crippen molar-refractivity contribution in [2.75, 3.05) is 41.1 Å². The minimum absolute atomic E-state index is 0.486. The Bertz CT molecular complexity index is 421. The van der Waals surface area contributed by atoms with Crippen molar-refractivity contribution in [1.82, 2.24) is 5.32 Å². The van der Waals surface area contributed by atoms with Gasteiger partial charge in [-0.05, 0) is 12.5 Å². The molecule has 1 aromatic carbocycles. The van der Waals surface area contributed by atoms with Gasteiger partial charge >= 0.3 is 0 Å². The summed E-state index contributed by atoms with van der Waals surface area (Å²) in [4.78, 5) is 0. The third kappa shape index (κ3) is 5.44. The van der Waals surface area contributed by atoms with Crippen molar-refractivity contribution in [3.63, 3.8) is 0 Å². The summed E-state index contributed by atoms with van der Waals surface area (Å²) in [6.07, 6.45) is 0.769. The first-order chi connectivity index (χ1) is 10.1. The molecule has 0 bridgehead atoms. The largest absolute Gasteiger partial charge is 0.493 e. The first kappa shape index (κ1) is 17.6. The SMILES string of the molecule is COc1ccc(CCOCCNC(C)C)c(OC)c1OC. The maximum atomic E-state index is 5.63. The van der Waals surface area contributed by atoms with Gasteiger partial charge in [0.25, 0.3) is 0 Å². The number of ether oxygens (including phenoxy) is 4. The molecule has 1 aromatic rings. The number of methoxy groups -OCH3 is 3. The van der Waals surface area contributed by atoms with E-state index in [-0.39, 0.29) is 0 Å². The highest BCUT2D eigenvalue weighted by Crippen LogP contribution is 2.39. The lowest BCUT2D eigenvalue weighted by atomic mass is 10.1. The molecule has 0 aliphatic carbocycles. The standard InChI is InChI=1S/C16H27NO4/c1-12(2)17-9-11-21-10-8-13-6-7-14(18-3)16(20-5)15(13)19-4/h6-7,12,17H,8-11H2,1-5H3. The number of rotatable bonds is 10. The van der Waals surface area contributed by atoms with E-state index in [2.05, 4.69) is 19.2 Å². The van der Waals surface area contributed by atoms with E-state index in [1.54, 1.807) is 21.3 Å². The fraction of sp³-hybridized carbons (Fsp3) is 0.625. The van der Waals surface area contributed by atoms with Gasteiger partial charge in [0.05, 0.1) is 34.5 Å². The van der Waals surface area contributed by atoms with E-state index in [0.29, 0.717) is 36.5 Å². The summed E-state index contributed by atoms with van der Waals surface area (Å²) in [5.41, 5.74) is 1.05. The molecule has 1 rings (SSSR count). The highest BCUT2D eigenvalue weighted by molar-refractivity contribution is 5.55. The van der Waals surface area contributed by atoms with Crippen LogP contribution in [0.4, 0.5) is 0 Å². The topological polar surface area (TPSA) is 49.0 Å². The molecule has 0 atom stereocenters. The van der Waals surface area contributed by atoms with Gasteiger partial charge in [0.15, 0.2) is 11.5 Å². The van der Waals surface area contributed by atoms with Crippen molar-refractivity contribution in [3.8, 4) is 17.2 Å². The highest BCUT2D eigenvalue weighted by atomic mass is 16.5. The number of benzene rings is 1. The van der Waals surface area contributed by atoms with Crippen LogP contribution in [0.25, 0.3) is 0 Å². The third-order valence-electron chi connectivity index (χ3n) is 3.10. The summed E-state index contributed by atoms with van der Waals surface area (Å²) in [6, 6.07) is 4.35. The Morgan fingerprint density at radius 3 is 2.24 bits per heavy atom. The predicted octanol–water partition coefficient (Wildman–Crippen LogP) is 2.27. The molecule has 0 amide bonds. The van der Waals surface area contributed by atoms with Crippen LogP contribution >= 0.6 is 0 Å². The molecule has 0 saturated heterocycles. The second-order valence-corrected chi connectivity index (χ2v) is 4.96. The van der Waals surface area contributed by atoms with E-state index < -0.39 is 0 Å². The van der Waals surface area contributed by atoms with Gasteiger partial charge in [-0.1, -0.05) is 19.9 Å². The summed E-state index contributed by atoms with van der Waals surface area (Å²) in [5, 5.41) is 3.31. The Morgan fingerprint density at radius 1 is 0.952 bits per heavy atom. The molecule has 0 radical (unpaired) electrons. The maximum absolute atomic E-state index is 5.63. The lowest BCUT2D eigenvalue weighted by Gasteiger charge is -2.16. The molecule has 0 aromatic heterocycles. The Hall–Kier alpha value is -1.46. The zero-order chi connectivity index (χ0) is 15.7. The summed E-state index contributed by atoms with van der Waals surface area (Å²) in [5.74, 6) is 2.00. The molecule has 0 saturated carbocycles. The van der Waals surface area contributed by atoms with Gasteiger partial charge in [0.2, 0.25) is 5.75 Å². The lowest BCUT2D eigenvalue weighted by Crippen LogP contribution is -2.26. The van der Waals surface area contributed by atoms with Crippen molar-refractivity contribution < 1.29 is 18.9 Å². The Morgan fingerprint density at radius 2 is 1.67 bits per heavy atom. The monoisotopic (exact) mass is 297 g/mol. The van der Waals surface area contributed by atoms with E-state index in [0.717, 1.165) is 18.5 Å². The van der Waals surface area contributed by atoms with Crippen LogP contribution in [0.15, 0.2) is 12.1 Å². The Kier molecular flexibility index (Phi) is 7.93. The molecule has 0 aliphatic heterocycles. The molecule has 5 heteroatoms. The molecule has 0 spiro atoms. The Labute approximate surface area is 127 Å². The zero-order valence-electron chi connectivity index (χ0n) is 13.7. The van der Waals surface area contributed by atoms with Crippen LogP contribution in [0.3, 0.4) is 0 Å². The number of hydrogen-bond acceptors (Lipinski definition) is 5. The molecule has 120 valence electrons. The van der Waals surface area contributed by atoms with E-state index in [4.69, 9.17) is 18.9 Å². The second-order valence-electron chi connectivity index (χ2n) is 4.96. The molecular weight excluding hydrogens is 270 g/mol. The molecule has 5 nitrogen and oxygen atoms in total. The summed E-state index contributed by atoms with van der Waals surface area (Å²) in [7, 11) is 4.86. The summed E-state index contributed by atoms with van der Waals surface area (Å²) < 4.78 is 21.7. The van der Waals surface area contributed by atoms with Gasteiger partial charge in [0, 0.05) is 18.2 Å². The quantitative estimate of drug-likeness (QED) is 0.671. The first-order valence-corrected chi connectivity index (χ1v) is 7.23. The second kappa shape index (κ2) is 9.47. The lowest BCUT2D eigenvalue weighted by molar-refractivity contribution is 0.137. The van der Waals surface area contributed by atoms with Gasteiger partial charge < -0.3 is 24.3 Å². The Balaban J connectivity index is 2.55. The predicted molar refractivity (Wildman–Crippen MR) is 83.8 cm³/mol. The van der Waals surface area contributed by atoms with Gasteiger partial charge in [-0.3, -0.25) is 0 Å². The van der Waals surface area contributed by atoms with Gasteiger partial charge in [-0.2, -0.15) is 0 Å². The van der Waals surface area contributed by atoms with Crippen LogP contribution in [-0.4, -0.2) is 47.1 Å². The van der Waals surface area contributed by atoms with Crippen molar-refractivity contribution >= 4 is 0 Å². The maximum Gasteiger partial charge on any atom is 0.203 e. The highest BCUT2D eigenvalue weighted by Gasteiger charge is 2.15.